The van der Waals surface area contributed by atoms with E-state index >= 15 is 0 Å². The minimum Gasteiger partial charge on any atom is -0.457 e. The van der Waals surface area contributed by atoms with Gasteiger partial charge >= 0.3 is 23.9 Å². The number of ether oxygens (including phenoxy) is 4. The second-order valence-electron chi connectivity index (χ2n) is 11.7. The van der Waals surface area contributed by atoms with Gasteiger partial charge in [0.05, 0.1) is 22.3 Å². The molecule has 0 aromatic heterocycles. The summed E-state index contributed by atoms with van der Waals surface area (Å²) in [5.41, 5.74) is 3.59. The Morgan fingerprint density at radius 3 is 0.685 bits per heavy atom. The Balaban J connectivity index is 1.45. The fraction of sp³-hybridized carbons (Fsp3) is 0.0952. The van der Waals surface area contributed by atoms with Crippen molar-refractivity contribution in [2.75, 3.05) is 0 Å². The highest BCUT2D eigenvalue weighted by Crippen LogP contribution is 2.24. The molecule has 0 aliphatic carbocycles. The van der Waals surface area contributed by atoms with E-state index in [1.54, 1.807) is 12.1 Å². The Bertz CT molecular complexity index is 1870. The van der Waals surface area contributed by atoms with Gasteiger partial charge in [0.2, 0.25) is 0 Å². The Labute approximate surface area is 308 Å². The van der Waals surface area contributed by atoms with E-state index in [9.17, 15) is 38.4 Å². The molecule has 5 rings (SSSR count). The van der Waals surface area contributed by atoms with Gasteiger partial charge in [-0.3, -0.25) is 19.2 Å². The third kappa shape index (κ3) is 9.92. The summed E-state index contributed by atoms with van der Waals surface area (Å²) in [4.78, 5) is 96.1. The first kappa shape index (κ1) is 37.9. The van der Waals surface area contributed by atoms with Crippen molar-refractivity contribution in [2.24, 2.45) is 0 Å². The smallest absolute Gasteiger partial charge is 0.338 e. The predicted octanol–water partition coefficient (Wildman–Crippen LogP) is 6.36. The van der Waals surface area contributed by atoms with Crippen LogP contribution in [0.15, 0.2) is 109 Å². The van der Waals surface area contributed by atoms with Crippen LogP contribution in [0.1, 0.15) is 105 Å². The number of aldehydes is 4. The van der Waals surface area contributed by atoms with Crippen molar-refractivity contribution in [3.8, 4) is 0 Å². The van der Waals surface area contributed by atoms with E-state index in [-0.39, 0.29) is 48.7 Å². The van der Waals surface area contributed by atoms with Crippen molar-refractivity contribution in [2.45, 2.75) is 26.4 Å². The van der Waals surface area contributed by atoms with Crippen LogP contribution in [0.3, 0.4) is 0 Å². The van der Waals surface area contributed by atoms with Gasteiger partial charge in [-0.2, -0.15) is 0 Å². The first-order chi connectivity index (χ1) is 26.2. The molecular formula is C42H30O12. The molecule has 0 spiro atoms. The Morgan fingerprint density at radius 2 is 0.519 bits per heavy atom. The van der Waals surface area contributed by atoms with Crippen molar-refractivity contribution < 1.29 is 57.3 Å². The summed E-state index contributed by atoms with van der Waals surface area (Å²) in [6.45, 7) is -1.31. The van der Waals surface area contributed by atoms with Crippen molar-refractivity contribution in [3.05, 3.63) is 176 Å². The van der Waals surface area contributed by atoms with Gasteiger partial charge in [-0.1, -0.05) is 48.5 Å². The van der Waals surface area contributed by atoms with Gasteiger partial charge in [0.25, 0.3) is 0 Å². The van der Waals surface area contributed by atoms with E-state index in [1.807, 2.05) is 0 Å². The fourth-order valence-electron chi connectivity index (χ4n) is 5.03. The summed E-state index contributed by atoms with van der Waals surface area (Å²) in [6, 6.07) is 26.3. The Hall–Kier alpha value is -7.34. The predicted molar refractivity (Wildman–Crippen MR) is 190 cm³/mol. The largest absolute Gasteiger partial charge is 0.457 e. The Morgan fingerprint density at radius 1 is 0.333 bits per heavy atom. The van der Waals surface area contributed by atoms with E-state index < -0.39 is 23.9 Å². The maximum Gasteiger partial charge on any atom is 0.338 e. The maximum atomic E-state index is 13.0. The van der Waals surface area contributed by atoms with Gasteiger partial charge in [0.1, 0.15) is 51.6 Å². The molecule has 12 nitrogen and oxygen atoms in total. The van der Waals surface area contributed by atoms with Crippen LogP contribution in [0.2, 0.25) is 0 Å². The van der Waals surface area contributed by atoms with Gasteiger partial charge in [0, 0.05) is 22.3 Å². The molecule has 54 heavy (non-hydrogen) atoms. The van der Waals surface area contributed by atoms with Crippen molar-refractivity contribution >= 4 is 49.0 Å². The van der Waals surface area contributed by atoms with Crippen LogP contribution in [-0.2, 0) is 45.4 Å². The number of hydrogen-bond acceptors (Lipinski definition) is 12. The van der Waals surface area contributed by atoms with Crippen LogP contribution >= 0.6 is 0 Å². The SMILES string of the molecule is O=Cc1ccc(C(=O)OCc2cc(COC(=O)c3ccc(C=O)cc3)c(COC(=O)c3ccc(C=O)cc3)cc2COC(=O)c2ccc(C=O)cc2)cc1. The molecule has 0 saturated heterocycles. The van der Waals surface area contributed by atoms with Crippen LogP contribution in [0.5, 0.6) is 0 Å². The second kappa shape index (κ2) is 18.2. The van der Waals surface area contributed by atoms with E-state index in [1.165, 1.54) is 97.1 Å². The lowest BCUT2D eigenvalue weighted by molar-refractivity contribution is 0.0422. The minimum atomic E-state index is -0.712. The summed E-state index contributed by atoms with van der Waals surface area (Å²) < 4.78 is 22.3. The molecular weight excluding hydrogens is 696 g/mol. The zero-order chi connectivity index (χ0) is 38.5. The summed E-state index contributed by atoms with van der Waals surface area (Å²) in [7, 11) is 0. The molecule has 0 radical (unpaired) electrons. The molecule has 5 aromatic carbocycles. The summed E-state index contributed by atoms with van der Waals surface area (Å²) >= 11 is 0. The average molecular weight is 727 g/mol. The molecule has 0 atom stereocenters. The molecule has 0 N–H and O–H groups in total. The first-order valence-electron chi connectivity index (χ1n) is 16.2. The normalized spacial score (nSPS) is 10.4. The van der Waals surface area contributed by atoms with Crippen molar-refractivity contribution in [1.29, 1.82) is 0 Å². The van der Waals surface area contributed by atoms with Crippen LogP contribution in [0.25, 0.3) is 0 Å². The zero-order valence-corrected chi connectivity index (χ0v) is 28.4. The molecule has 12 heteroatoms. The minimum absolute atomic E-state index is 0.173. The van der Waals surface area contributed by atoms with Crippen molar-refractivity contribution in [1.82, 2.24) is 0 Å². The maximum absolute atomic E-state index is 13.0. The van der Waals surface area contributed by atoms with Gasteiger partial charge in [0.15, 0.2) is 0 Å². The molecule has 0 heterocycles. The van der Waals surface area contributed by atoms with Crippen molar-refractivity contribution in [3.63, 3.8) is 0 Å². The third-order valence-corrected chi connectivity index (χ3v) is 8.09. The average Bonchev–Trinajstić information content (AvgIpc) is 3.23. The lowest BCUT2D eigenvalue weighted by Gasteiger charge is -2.18. The van der Waals surface area contributed by atoms with Gasteiger partial charge < -0.3 is 18.9 Å². The number of benzene rings is 5. The molecule has 0 fully saturated rings. The Kier molecular flexibility index (Phi) is 12.8. The summed E-state index contributed by atoms with van der Waals surface area (Å²) in [6.07, 6.45) is 2.54. The number of esters is 4. The van der Waals surface area contributed by atoms with Crippen LogP contribution in [-0.4, -0.2) is 49.0 Å². The molecule has 5 aromatic rings. The highest BCUT2D eigenvalue weighted by molar-refractivity contribution is 5.92. The topological polar surface area (TPSA) is 173 Å². The standard InChI is InChI=1S/C42H30O12/c43-19-27-1-9-31(10-2-27)39(47)51-23-35-17-37(25-53-41(49)33-13-5-29(21-45)6-14-33)38(26-54-42(50)34-15-7-30(22-46)8-16-34)18-36(35)24-52-40(48)32-11-3-28(20-44)4-12-32/h1-22H,23-26H2. The van der Waals surface area contributed by atoms with Gasteiger partial charge in [-0.25, -0.2) is 19.2 Å². The van der Waals surface area contributed by atoms with Gasteiger partial charge in [-0.15, -0.1) is 0 Å². The highest BCUT2D eigenvalue weighted by Gasteiger charge is 2.19. The quantitative estimate of drug-likeness (QED) is 0.0626. The fourth-order valence-corrected chi connectivity index (χ4v) is 5.03. The van der Waals surface area contributed by atoms with E-state index in [0.29, 0.717) is 69.7 Å². The lowest BCUT2D eigenvalue weighted by atomic mass is 9.99. The van der Waals surface area contributed by atoms with Crippen LogP contribution < -0.4 is 0 Å². The number of carbonyl (C=O) groups is 8. The molecule has 0 aliphatic rings. The molecule has 0 unspecified atom stereocenters. The van der Waals surface area contributed by atoms with E-state index in [0.717, 1.165) is 0 Å². The zero-order valence-electron chi connectivity index (χ0n) is 28.4. The van der Waals surface area contributed by atoms with Gasteiger partial charge in [-0.05, 0) is 82.9 Å². The molecule has 0 saturated carbocycles. The molecule has 270 valence electrons. The molecule has 0 amide bonds. The van der Waals surface area contributed by atoms with E-state index in [4.69, 9.17) is 18.9 Å². The monoisotopic (exact) mass is 726 g/mol. The number of rotatable bonds is 16. The molecule has 0 bridgehead atoms. The van der Waals surface area contributed by atoms with Crippen LogP contribution in [0.4, 0.5) is 0 Å². The molecule has 0 aliphatic heterocycles. The second-order valence-corrected chi connectivity index (χ2v) is 11.7. The van der Waals surface area contributed by atoms with E-state index in [2.05, 4.69) is 0 Å². The third-order valence-electron chi connectivity index (χ3n) is 8.09. The number of carbonyl (C=O) groups excluding carboxylic acids is 8. The summed E-state index contributed by atoms with van der Waals surface area (Å²) in [5.74, 6) is -2.85. The number of hydrogen-bond donors (Lipinski definition) is 0. The highest BCUT2D eigenvalue weighted by atomic mass is 16.5. The first-order valence-corrected chi connectivity index (χ1v) is 16.2. The lowest BCUT2D eigenvalue weighted by Crippen LogP contribution is -2.14. The summed E-state index contributed by atoms with van der Waals surface area (Å²) in [5, 5.41) is 0. The van der Waals surface area contributed by atoms with Crippen LogP contribution in [0, 0.1) is 0 Å².